The van der Waals surface area contributed by atoms with Gasteiger partial charge in [0.05, 0.1) is 11.6 Å². The smallest absolute Gasteiger partial charge is 0.307 e. The van der Waals surface area contributed by atoms with E-state index < -0.39 is 11.9 Å². The average molecular weight is 295 g/mol. The molecule has 0 radical (unpaired) electrons. The summed E-state index contributed by atoms with van der Waals surface area (Å²) in [5.41, 5.74) is 0.575. The number of rotatable bonds is 6. The standard InChI is InChI=1S/C13H17N3O3S/c1-3-15(7-9(2)12(18)19)8-10-6-11(17)16-4-5-20-13(16)14-10/h4-6,9H,3,7-8H2,1-2H3,(H,18,19). The van der Waals surface area contributed by atoms with Gasteiger partial charge in [0.15, 0.2) is 4.96 Å². The third-order valence-corrected chi connectivity index (χ3v) is 3.90. The Morgan fingerprint density at radius 3 is 3.00 bits per heavy atom. The molecule has 0 amide bonds. The van der Waals surface area contributed by atoms with Gasteiger partial charge >= 0.3 is 5.97 Å². The summed E-state index contributed by atoms with van der Waals surface area (Å²) >= 11 is 1.41. The van der Waals surface area contributed by atoms with Crippen molar-refractivity contribution in [3.05, 3.63) is 33.7 Å². The molecule has 2 aromatic heterocycles. The number of hydrogen-bond acceptors (Lipinski definition) is 5. The second kappa shape index (κ2) is 6.15. The van der Waals surface area contributed by atoms with Crippen molar-refractivity contribution < 1.29 is 9.90 Å². The van der Waals surface area contributed by atoms with Crippen LogP contribution in [0.3, 0.4) is 0 Å². The summed E-state index contributed by atoms with van der Waals surface area (Å²) in [7, 11) is 0. The van der Waals surface area contributed by atoms with Gasteiger partial charge < -0.3 is 5.11 Å². The van der Waals surface area contributed by atoms with E-state index in [2.05, 4.69) is 4.98 Å². The van der Waals surface area contributed by atoms with Gasteiger partial charge in [0, 0.05) is 30.7 Å². The maximum absolute atomic E-state index is 11.9. The average Bonchev–Trinajstić information content (AvgIpc) is 2.86. The molecule has 0 fully saturated rings. The molecule has 20 heavy (non-hydrogen) atoms. The molecule has 0 spiro atoms. The van der Waals surface area contributed by atoms with Crippen LogP contribution in [0.1, 0.15) is 19.5 Å². The van der Waals surface area contributed by atoms with Crippen LogP contribution in [0.4, 0.5) is 0 Å². The fourth-order valence-electron chi connectivity index (χ4n) is 1.97. The van der Waals surface area contributed by atoms with Crippen LogP contribution in [0.25, 0.3) is 4.96 Å². The maximum atomic E-state index is 11.9. The van der Waals surface area contributed by atoms with Crippen LogP contribution in [-0.2, 0) is 11.3 Å². The number of carboxylic acids is 1. The highest BCUT2D eigenvalue weighted by Crippen LogP contribution is 2.09. The molecule has 2 rings (SSSR count). The van der Waals surface area contributed by atoms with E-state index in [-0.39, 0.29) is 5.56 Å². The zero-order valence-corrected chi connectivity index (χ0v) is 12.3. The SMILES string of the molecule is CCN(Cc1cc(=O)n2ccsc2n1)CC(C)C(=O)O. The monoisotopic (exact) mass is 295 g/mol. The fourth-order valence-corrected chi connectivity index (χ4v) is 2.71. The number of thiazole rings is 1. The number of carbonyl (C=O) groups is 1. The molecule has 2 aromatic rings. The normalized spacial score (nSPS) is 12.9. The Kier molecular flexibility index (Phi) is 4.51. The zero-order valence-electron chi connectivity index (χ0n) is 11.4. The summed E-state index contributed by atoms with van der Waals surface area (Å²) in [6.07, 6.45) is 1.70. The molecular formula is C13H17N3O3S. The lowest BCUT2D eigenvalue weighted by molar-refractivity contribution is -0.141. The second-order valence-corrected chi connectivity index (χ2v) is 5.58. The molecule has 1 atom stereocenters. The van der Waals surface area contributed by atoms with Crippen molar-refractivity contribution in [3.8, 4) is 0 Å². The Balaban J connectivity index is 2.17. The second-order valence-electron chi connectivity index (χ2n) is 4.71. The minimum atomic E-state index is -0.815. The van der Waals surface area contributed by atoms with Crippen molar-refractivity contribution in [2.24, 2.45) is 5.92 Å². The maximum Gasteiger partial charge on any atom is 0.307 e. The van der Waals surface area contributed by atoms with Crippen LogP contribution in [0.5, 0.6) is 0 Å². The quantitative estimate of drug-likeness (QED) is 0.869. The Morgan fingerprint density at radius 2 is 2.35 bits per heavy atom. The predicted octanol–water partition coefficient (Wildman–Crippen LogP) is 1.30. The Bertz CT molecular complexity index is 664. The van der Waals surface area contributed by atoms with Crippen LogP contribution in [0, 0.1) is 5.92 Å². The van der Waals surface area contributed by atoms with E-state index in [4.69, 9.17) is 5.11 Å². The first-order valence-electron chi connectivity index (χ1n) is 6.42. The Morgan fingerprint density at radius 1 is 1.60 bits per heavy atom. The Labute approximate surface area is 120 Å². The summed E-state index contributed by atoms with van der Waals surface area (Å²) in [6, 6.07) is 1.51. The molecule has 0 aromatic carbocycles. The van der Waals surface area contributed by atoms with E-state index in [1.165, 1.54) is 21.8 Å². The number of fused-ring (bicyclic) bond motifs is 1. The summed E-state index contributed by atoms with van der Waals surface area (Å²) < 4.78 is 1.50. The lowest BCUT2D eigenvalue weighted by atomic mass is 10.1. The van der Waals surface area contributed by atoms with Gasteiger partial charge in [-0.05, 0) is 6.54 Å². The molecule has 0 aliphatic carbocycles. The van der Waals surface area contributed by atoms with Gasteiger partial charge in [0.25, 0.3) is 5.56 Å². The molecule has 1 unspecified atom stereocenters. The fraction of sp³-hybridized carbons (Fsp3) is 0.462. The highest BCUT2D eigenvalue weighted by molar-refractivity contribution is 7.15. The molecule has 0 bridgehead atoms. The van der Waals surface area contributed by atoms with E-state index in [0.717, 1.165) is 0 Å². The third kappa shape index (κ3) is 3.23. The molecule has 0 aliphatic rings. The molecule has 0 saturated carbocycles. The third-order valence-electron chi connectivity index (χ3n) is 3.14. The van der Waals surface area contributed by atoms with Crippen molar-refractivity contribution in [2.75, 3.05) is 13.1 Å². The minimum Gasteiger partial charge on any atom is -0.481 e. The number of aromatic nitrogens is 2. The molecule has 7 heteroatoms. The van der Waals surface area contributed by atoms with Crippen molar-refractivity contribution in [3.63, 3.8) is 0 Å². The highest BCUT2D eigenvalue weighted by atomic mass is 32.1. The van der Waals surface area contributed by atoms with E-state index in [1.54, 1.807) is 13.1 Å². The zero-order chi connectivity index (χ0) is 14.7. The van der Waals surface area contributed by atoms with Crippen molar-refractivity contribution >= 4 is 22.3 Å². The number of aliphatic carboxylic acids is 1. The van der Waals surface area contributed by atoms with Gasteiger partial charge in [-0.2, -0.15) is 0 Å². The summed E-state index contributed by atoms with van der Waals surface area (Å²) in [5, 5.41) is 10.8. The van der Waals surface area contributed by atoms with E-state index in [9.17, 15) is 9.59 Å². The minimum absolute atomic E-state index is 0.103. The van der Waals surface area contributed by atoms with Gasteiger partial charge in [-0.1, -0.05) is 13.8 Å². The van der Waals surface area contributed by atoms with Crippen molar-refractivity contribution in [1.82, 2.24) is 14.3 Å². The van der Waals surface area contributed by atoms with Gasteiger partial charge in [-0.3, -0.25) is 18.9 Å². The summed E-state index contributed by atoms with van der Waals surface area (Å²) in [5.74, 6) is -1.26. The van der Waals surface area contributed by atoms with Crippen LogP contribution in [0.15, 0.2) is 22.4 Å². The predicted molar refractivity (Wildman–Crippen MR) is 77.1 cm³/mol. The summed E-state index contributed by atoms with van der Waals surface area (Å²) in [6.45, 7) is 5.28. The van der Waals surface area contributed by atoms with Gasteiger partial charge in [-0.25, -0.2) is 4.98 Å². The summed E-state index contributed by atoms with van der Waals surface area (Å²) in [4.78, 5) is 29.8. The Hall–Kier alpha value is -1.73. The first kappa shape index (κ1) is 14.7. The first-order chi connectivity index (χ1) is 9.51. The van der Waals surface area contributed by atoms with Crippen LogP contribution in [0.2, 0.25) is 0 Å². The molecule has 6 nitrogen and oxygen atoms in total. The molecular weight excluding hydrogens is 278 g/mol. The molecule has 0 aliphatic heterocycles. The van der Waals surface area contributed by atoms with Gasteiger partial charge in [-0.15, -0.1) is 11.3 Å². The first-order valence-corrected chi connectivity index (χ1v) is 7.30. The van der Waals surface area contributed by atoms with Crippen molar-refractivity contribution in [2.45, 2.75) is 20.4 Å². The van der Waals surface area contributed by atoms with Crippen LogP contribution in [-0.4, -0.2) is 38.4 Å². The van der Waals surface area contributed by atoms with E-state index in [0.29, 0.717) is 30.3 Å². The van der Waals surface area contributed by atoms with Gasteiger partial charge in [0.2, 0.25) is 0 Å². The molecule has 0 saturated heterocycles. The van der Waals surface area contributed by atoms with Gasteiger partial charge in [0.1, 0.15) is 0 Å². The topological polar surface area (TPSA) is 74.9 Å². The van der Waals surface area contributed by atoms with E-state index >= 15 is 0 Å². The largest absolute Gasteiger partial charge is 0.481 e. The lowest BCUT2D eigenvalue weighted by Crippen LogP contribution is -2.32. The molecule has 1 N–H and O–H groups in total. The highest BCUT2D eigenvalue weighted by Gasteiger charge is 2.16. The van der Waals surface area contributed by atoms with Crippen LogP contribution < -0.4 is 5.56 Å². The van der Waals surface area contributed by atoms with Crippen molar-refractivity contribution in [1.29, 1.82) is 0 Å². The number of nitrogens with zero attached hydrogens (tertiary/aromatic N) is 3. The lowest BCUT2D eigenvalue weighted by Gasteiger charge is -2.21. The number of hydrogen-bond donors (Lipinski definition) is 1. The molecule has 108 valence electrons. The van der Waals surface area contributed by atoms with Crippen LogP contribution >= 0.6 is 11.3 Å². The number of carboxylic acid groups (broad SMARTS) is 1. The van der Waals surface area contributed by atoms with E-state index in [1.807, 2.05) is 17.2 Å². The molecule has 2 heterocycles.